The first-order chi connectivity index (χ1) is 13.1. The largest absolute Gasteiger partial charge is 0.493 e. The van der Waals surface area contributed by atoms with Crippen LogP contribution in [0.5, 0.6) is 23.0 Å². The van der Waals surface area contributed by atoms with Gasteiger partial charge in [0.05, 0.1) is 33.5 Å². The molecule has 0 bridgehead atoms. The molecule has 2 aromatic rings. The maximum Gasteiger partial charge on any atom is 0.179 e. The molecule has 0 radical (unpaired) electrons. The molecule has 0 atom stereocenters. The van der Waals surface area contributed by atoms with E-state index in [1.807, 2.05) is 24.3 Å². The average Bonchev–Trinajstić information content (AvgIpc) is 2.68. The monoisotopic (exact) mass is 391 g/mol. The molecular weight excluding hydrogens is 366 g/mol. The van der Waals surface area contributed by atoms with Crippen molar-refractivity contribution in [1.29, 1.82) is 0 Å². The van der Waals surface area contributed by atoms with Gasteiger partial charge in [-0.05, 0) is 29.7 Å². The predicted molar refractivity (Wildman–Crippen MR) is 109 cm³/mol. The molecule has 0 aliphatic carbocycles. The molecular formula is C21H26ClNO4. The summed E-state index contributed by atoms with van der Waals surface area (Å²) in [5.41, 5.74) is 3.05. The molecule has 27 heavy (non-hydrogen) atoms. The molecule has 0 aliphatic heterocycles. The fourth-order valence-corrected chi connectivity index (χ4v) is 3.22. The topological polar surface area (TPSA) is 49.0 Å². The number of benzene rings is 2. The van der Waals surface area contributed by atoms with Gasteiger partial charge in [0, 0.05) is 18.7 Å². The molecule has 2 rings (SSSR count). The number of ether oxygens (including phenoxy) is 4. The van der Waals surface area contributed by atoms with Crippen LogP contribution >= 0.6 is 11.6 Å². The van der Waals surface area contributed by atoms with Gasteiger partial charge in [-0.3, -0.25) is 0 Å². The van der Waals surface area contributed by atoms with E-state index in [1.165, 1.54) is 0 Å². The average molecular weight is 392 g/mol. The highest BCUT2D eigenvalue weighted by molar-refractivity contribution is 6.33. The maximum absolute atomic E-state index is 6.44. The van der Waals surface area contributed by atoms with Crippen LogP contribution < -0.4 is 24.3 Å². The zero-order valence-corrected chi connectivity index (χ0v) is 17.0. The number of methoxy groups -OCH3 is 4. The van der Waals surface area contributed by atoms with Crippen LogP contribution in [0.3, 0.4) is 0 Å². The summed E-state index contributed by atoms with van der Waals surface area (Å²) >= 11 is 6.44. The van der Waals surface area contributed by atoms with Crippen LogP contribution in [0, 0.1) is 0 Å². The Hall–Kier alpha value is -2.37. The highest BCUT2D eigenvalue weighted by atomic mass is 35.5. The van der Waals surface area contributed by atoms with Crippen LogP contribution in [0.2, 0.25) is 5.02 Å². The van der Waals surface area contributed by atoms with Crippen molar-refractivity contribution in [3.05, 3.63) is 58.6 Å². The molecule has 2 aromatic carbocycles. The third-order valence-corrected chi connectivity index (χ3v) is 4.60. The smallest absolute Gasteiger partial charge is 0.179 e. The van der Waals surface area contributed by atoms with Crippen LogP contribution in [0.4, 0.5) is 0 Å². The van der Waals surface area contributed by atoms with E-state index in [-0.39, 0.29) is 0 Å². The third kappa shape index (κ3) is 4.87. The first kappa shape index (κ1) is 20.9. The molecule has 146 valence electrons. The number of halogens is 1. The molecule has 0 heterocycles. The van der Waals surface area contributed by atoms with Crippen molar-refractivity contribution < 1.29 is 18.9 Å². The van der Waals surface area contributed by atoms with E-state index in [4.69, 9.17) is 30.5 Å². The number of allylic oxidation sites excluding steroid dienone is 1. The summed E-state index contributed by atoms with van der Waals surface area (Å²) in [6.07, 6.45) is 2.55. The van der Waals surface area contributed by atoms with E-state index in [2.05, 4.69) is 18.0 Å². The fraction of sp³-hybridized carbons (Fsp3) is 0.333. The lowest BCUT2D eigenvalue weighted by atomic mass is 10.1. The highest BCUT2D eigenvalue weighted by Crippen LogP contribution is 2.37. The second-order valence-electron chi connectivity index (χ2n) is 5.86. The first-order valence-electron chi connectivity index (χ1n) is 8.54. The van der Waals surface area contributed by atoms with Crippen LogP contribution in [-0.4, -0.2) is 28.4 Å². The van der Waals surface area contributed by atoms with Gasteiger partial charge in [0.25, 0.3) is 0 Å². The zero-order valence-electron chi connectivity index (χ0n) is 16.2. The molecule has 0 saturated carbocycles. The lowest BCUT2D eigenvalue weighted by Crippen LogP contribution is -2.14. The summed E-state index contributed by atoms with van der Waals surface area (Å²) in [5.74, 6) is 2.60. The summed E-state index contributed by atoms with van der Waals surface area (Å²) in [6.45, 7) is 5.05. The molecule has 0 unspecified atom stereocenters. The lowest BCUT2D eigenvalue weighted by molar-refractivity contribution is 0.351. The molecule has 0 aliphatic rings. The minimum atomic E-state index is 0.540. The van der Waals surface area contributed by atoms with E-state index >= 15 is 0 Å². The third-order valence-electron chi connectivity index (χ3n) is 4.19. The Morgan fingerprint density at radius 1 is 0.889 bits per heavy atom. The summed E-state index contributed by atoms with van der Waals surface area (Å²) in [4.78, 5) is 0. The van der Waals surface area contributed by atoms with Crippen LogP contribution in [0.15, 0.2) is 36.9 Å². The van der Waals surface area contributed by atoms with Gasteiger partial charge in [0.2, 0.25) is 0 Å². The van der Waals surface area contributed by atoms with Crippen molar-refractivity contribution in [2.24, 2.45) is 0 Å². The van der Waals surface area contributed by atoms with Gasteiger partial charge in [-0.15, -0.1) is 6.58 Å². The zero-order chi connectivity index (χ0) is 19.8. The summed E-state index contributed by atoms with van der Waals surface area (Å²) in [6, 6.07) is 7.83. The molecule has 0 aromatic heterocycles. The van der Waals surface area contributed by atoms with E-state index < -0.39 is 0 Å². The molecule has 1 N–H and O–H groups in total. The quantitative estimate of drug-likeness (QED) is 0.608. The minimum absolute atomic E-state index is 0.540. The van der Waals surface area contributed by atoms with Crippen molar-refractivity contribution in [2.45, 2.75) is 19.5 Å². The van der Waals surface area contributed by atoms with Crippen molar-refractivity contribution in [3.63, 3.8) is 0 Å². The van der Waals surface area contributed by atoms with Gasteiger partial charge in [-0.25, -0.2) is 0 Å². The van der Waals surface area contributed by atoms with Crippen LogP contribution in [-0.2, 0) is 19.5 Å². The van der Waals surface area contributed by atoms with Crippen molar-refractivity contribution in [2.75, 3.05) is 28.4 Å². The molecule has 5 nitrogen and oxygen atoms in total. The Bertz CT molecular complexity index is 792. The SMILES string of the molecule is C=CCc1cc(CNCc2ccc(OC)c(OC)c2Cl)cc(OC)c1OC. The van der Waals surface area contributed by atoms with Gasteiger partial charge < -0.3 is 24.3 Å². The van der Waals surface area contributed by atoms with Gasteiger partial charge in [-0.1, -0.05) is 29.8 Å². The second-order valence-corrected chi connectivity index (χ2v) is 6.24. The Balaban J connectivity index is 2.15. The Labute approximate surface area is 165 Å². The molecule has 0 fully saturated rings. The van der Waals surface area contributed by atoms with Gasteiger partial charge in [-0.2, -0.15) is 0 Å². The molecule has 0 amide bonds. The molecule has 6 heteroatoms. The van der Waals surface area contributed by atoms with Gasteiger partial charge in [0.15, 0.2) is 23.0 Å². The van der Waals surface area contributed by atoms with Crippen molar-refractivity contribution >= 4 is 11.6 Å². The van der Waals surface area contributed by atoms with E-state index in [9.17, 15) is 0 Å². The van der Waals surface area contributed by atoms with Crippen molar-refractivity contribution in [3.8, 4) is 23.0 Å². The number of nitrogens with one attached hydrogen (secondary N) is 1. The Kier molecular flexibility index (Phi) is 7.82. The number of hydrogen-bond donors (Lipinski definition) is 1. The minimum Gasteiger partial charge on any atom is -0.493 e. The first-order valence-corrected chi connectivity index (χ1v) is 8.92. The lowest BCUT2D eigenvalue weighted by Gasteiger charge is -2.16. The van der Waals surface area contributed by atoms with E-state index in [1.54, 1.807) is 28.4 Å². The maximum atomic E-state index is 6.44. The summed E-state index contributed by atoms with van der Waals surface area (Å²) in [5, 5.41) is 3.95. The van der Waals surface area contributed by atoms with Crippen molar-refractivity contribution in [1.82, 2.24) is 5.32 Å². The van der Waals surface area contributed by atoms with Crippen LogP contribution in [0.1, 0.15) is 16.7 Å². The van der Waals surface area contributed by atoms with Gasteiger partial charge >= 0.3 is 0 Å². The summed E-state index contributed by atoms with van der Waals surface area (Å²) in [7, 11) is 6.44. The van der Waals surface area contributed by atoms with E-state index in [0.717, 1.165) is 22.4 Å². The Morgan fingerprint density at radius 3 is 2.19 bits per heavy atom. The second kappa shape index (κ2) is 10.1. The molecule has 0 spiro atoms. The number of hydrogen-bond acceptors (Lipinski definition) is 5. The Morgan fingerprint density at radius 2 is 1.59 bits per heavy atom. The molecule has 0 saturated heterocycles. The predicted octanol–water partition coefficient (Wildman–Crippen LogP) is 4.39. The van der Waals surface area contributed by atoms with E-state index in [0.29, 0.717) is 41.8 Å². The normalized spacial score (nSPS) is 10.4. The van der Waals surface area contributed by atoms with Crippen LogP contribution in [0.25, 0.3) is 0 Å². The standard InChI is InChI=1S/C21H26ClNO4/c1-6-7-15-10-14(11-18(25-3)20(15)26-4)12-23-13-16-8-9-17(24-2)21(27-5)19(16)22/h6,8-11,23H,1,7,12-13H2,2-5H3. The summed E-state index contributed by atoms with van der Waals surface area (Å²) < 4.78 is 21.6. The number of rotatable bonds is 10. The van der Waals surface area contributed by atoms with Gasteiger partial charge in [0.1, 0.15) is 0 Å². The fourth-order valence-electron chi connectivity index (χ4n) is 2.92. The highest BCUT2D eigenvalue weighted by Gasteiger charge is 2.14.